The molecule has 1 N–H and O–H groups in total. The molecule has 1 aromatic carbocycles. The van der Waals surface area contributed by atoms with Gasteiger partial charge in [0.15, 0.2) is 0 Å². The van der Waals surface area contributed by atoms with Gasteiger partial charge in [-0.3, -0.25) is 4.98 Å². The number of fused-ring (bicyclic) bond motifs is 1. The molecule has 0 fully saturated rings. The molecule has 84 valence electrons. The van der Waals surface area contributed by atoms with Gasteiger partial charge in [0.25, 0.3) is 0 Å². The van der Waals surface area contributed by atoms with Gasteiger partial charge in [-0.15, -0.1) is 0 Å². The Morgan fingerprint density at radius 1 is 1.31 bits per heavy atom. The minimum Gasteiger partial charge on any atom is -0.383 e. The number of likely N-dealkylation sites (N-methyl/N-ethyl adjacent to an activating group) is 1. The lowest BCUT2D eigenvalue weighted by Gasteiger charge is -2.17. The van der Waals surface area contributed by atoms with E-state index in [0.29, 0.717) is 6.61 Å². The Balaban J connectivity index is 2.50. The molecule has 0 aliphatic rings. The first-order chi connectivity index (χ1) is 7.86. The highest BCUT2D eigenvalue weighted by molar-refractivity contribution is 5.82. The molecule has 0 aliphatic carbocycles. The molecule has 0 aliphatic heterocycles. The molecular formula is C13H16N2O. The van der Waals surface area contributed by atoms with Crippen LogP contribution in [0, 0.1) is 0 Å². The minimum absolute atomic E-state index is 0.206. The number of pyridine rings is 1. The molecule has 3 nitrogen and oxygen atoms in total. The van der Waals surface area contributed by atoms with Gasteiger partial charge in [-0.25, -0.2) is 0 Å². The van der Waals surface area contributed by atoms with E-state index >= 15 is 0 Å². The lowest BCUT2D eigenvalue weighted by Crippen LogP contribution is -2.21. The number of aromatic nitrogens is 1. The van der Waals surface area contributed by atoms with Gasteiger partial charge in [-0.2, -0.15) is 0 Å². The van der Waals surface area contributed by atoms with E-state index in [1.807, 2.05) is 31.4 Å². The summed E-state index contributed by atoms with van der Waals surface area (Å²) in [6.07, 6.45) is 1.82. The Labute approximate surface area is 95.5 Å². The molecule has 16 heavy (non-hydrogen) atoms. The van der Waals surface area contributed by atoms with E-state index in [0.717, 1.165) is 5.52 Å². The van der Waals surface area contributed by atoms with Crippen molar-refractivity contribution >= 4 is 10.9 Å². The van der Waals surface area contributed by atoms with Crippen molar-refractivity contribution in [3.8, 4) is 0 Å². The van der Waals surface area contributed by atoms with Gasteiger partial charge in [-0.1, -0.05) is 18.2 Å². The fraction of sp³-hybridized carbons (Fsp3) is 0.308. The van der Waals surface area contributed by atoms with Gasteiger partial charge in [0.2, 0.25) is 0 Å². The highest BCUT2D eigenvalue weighted by atomic mass is 16.5. The summed E-state index contributed by atoms with van der Waals surface area (Å²) in [5.41, 5.74) is 2.26. The Morgan fingerprint density at radius 3 is 2.94 bits per heavy atom. The molecule has 1 unspecified atom stereocenters. The zero-order valence-corrected chi connectivity index (χ0v) is 9.60. The van der Waals surface area contributed by atoms with E-state index in [1.165, 1.54) is 10.9 Å². The van der Waals surface area contributed by atoms with Gasteiger partial charge in [0.1, 0.15) is 0 Å². The Bertz CT molecular complexity index is 465. The second-order valence-corrected chi connectivity index (χ2v) is 3.71. The first-order valence-electron chi connectivity index (χ1n) is 5.36. The van der Waals surface area contributed by atoms with Crippen LogP contribution in [0.15, 0.2) is 36.5 Å². The lowest BCUT2D eigenvalue weighted by molar-refractivity contribution is 0.171. The number of nitrogens with one attached hydrogen (secondary N) is 1. The summed E-state index contributed by atoms with van der Waals surface area (Å²) in [5.74, 6) is 0. The van der Waals surface area contributed by atoms with Crippen LogP contribution in [-0.2, 0) is 4.74 Å². The summed E-state index contributed by atoms with van der Waals surface area (Å²) >= 11 is 0. The Hall–Kier alpha value is -1.45. The van der Waals surface area contributed by atoms with Gasteiger partial charge in [0.05, 0.1) is 18.2 Å². The zero-order chi connectivity index (χ0) is 11.4. The van der Waals surface area contributed by atoms with Crippen LogP contribution in [-0.4, -0.2) is 25.7 Å². The van der Waals surface area contributed by atoms with Gasteiger partial charge in [0, 0.05) is 18.7 Å². The quantitative estimate of drug-likeness (QED) is 0.850. The normalized spacial score (nSPS) is 12.9. The maximum Gasteiger partial charge on any atom is 0.0705 e. The van der Waals surface area contributed by atoms with E-state index < -0.39 is 0 Å². The second-order valence-electron chi connectivity index (χ2n) is 3.71. The van der Waals surface area contributed by atoms with Crippen LogP contribution in [0.2, 0.25) is 0 Å². The average molecular weight is 216 g/mol. The van der Waals surface area contributed by atoms with Crippen molar-refractivity contribution in [1.82, 2.24) is 10.3 Å². The van der Waals surface area contributed by atoms with Gasteiger partial charge < -0.3 is 10.1 Å². The van der Waals surface area contributed by atoms with Crippen molar-refractivity contribution in [2.45, 2.75) is 6.04 Å². The van der Waals surface area contributed by atoms with Crippen molar-refractivity contribution in [2.24, 2.45) is 0 Å². The topological polar surface area (TPSA) is 34.1 Å². The largest absolute Gasteiger partial charge is 0.383 e. The van der Waals surface area contributed by atoms with E-state index in [2.05, 4.69) is 22.4 Å². The molecule has 0 amide bonds. The predicted molar refractivity (Wildman–Crippen MR) is 65.4 cm³/mol. The highest BCUT2D eigenvalue weighted by Gasteiger charge is 2.11. The monoisotopic (exact) mass is 216 g/mol. The molecule has 0 saturated carbocycles. The highest BCUT2D eigenvalue weighted by Crippen LogP contribution is 2.22. The third-order valence-corrected chi connectivity index (χ3v) is 2.74. The number of methoxy groups -OCH3 is 1. The summed E-state index contributed by atoms with van der Waals surface area (Å²) in [6, 6.07) is 10.4. The standard InChI is InChI=1S/C13H16N2O/c1-14-13(9-16-2)11-5-3-7-12-10(11)6-4-8-15-12/h3-8,13-14H,9H2,1-2H3. The molecule has 2 aromatic rings. The molecule has 0 radical (unpaired) electrons. The first-order valence-corrected chi connectivity index (χ1v) is 5.36. The van der Waals surface area contributed by atoms with Crippen molar-refractivity contribution in [2.75, 3.05) is 20.8 Å². The molecule has 3 heteroatoms. The van der Waals surface area contributed by atoms with Crippen LogP contribution < -0.4 is 5.32 Å². The third-order valence-electron chi connectivity index (χ3n) is 2.74. The molecule has 0 bridgehead atoms. The van der Waals surface area contributed by atoms with Crippen LogP contribution in [0.1, 0.15) is 11.6 Å². The molecule has 0 saturated heterocycles. The first kappa shape index (κ1) is 11.0. The Morgan fingerprint density at radius 2 is 2.19 bits per heavy atom. The maximum atomic E-state index is 5.22. The third kappa shape index (κ3) is 2.05. The molecule has 1 aromatic heterocycles. The summed E-state index contributed by atoms with van der Waals surface area (Å²) in [5, 5.41) is 4.44. The summed E-state index contributed by atoms with van der Waals surface area (Å²) < 4.78 is 5.22. The van der Waals surface area contributed by atoms with Crippen molar-refractivity contribution in [1.29, 1.82) is 0 Å². The molecular weight excluding hydrogens is 200 g/mol. The number of rotatable bonds is 4. The average Bonchev–Trinajstić information content (AvgIpc) is 2.35. The van der Waals surface area contributed by atoms with Crippen molar-refractivity contribution < 1.29 is 4.74 Å². The number of hydrogen-bond donors (Lipinski definition) is 1. The van der Waals surface area contributed by atoms with Crippen molar-refractivity contribution in [3.05, 3.63) is 42.1 Å². The summed E-state index contributed by atoms with van der Waals surface area (Å²) in [7, 11) is 3.66. The second kappa shape index (κ2) is 5.05. The Kier molecular flexibility index (Phi) is 3.49. The van der Waals surface area contributed by atoms with Gasteiger partial charge in [-0.05, 0) is 24.7 Å². The summed E-state index contributed by atoms with van der Waals surface area (Å²) in [4.78, 5) is 4.35. The predicted octanol–water partition coefficient (Wildman–Crippen LogP) is 2.14. The van der Waals surface area contributed by atoms with Crippen LogP contribution in [0.5, 0.6) is 0 Å². The van der Waals surface area contributed by atoms with Crippen LogP contribution in [0.4, 0.5) is 0 Å². The smallest absolute Gasteiger partial charge is 0.0705 e. The number of hydrogen-bond acceptors (Lipinski definition) is 3. The SMILES string of the molecule is CNC(COC)c1cccc2ncccc12. The van der Waals surface area contributed by atoms with E-state index in [9.17, 15) is 0 Å². The molecule has 1 heterocycles. The lowest BCUT2D eigenvalue weighted by atomic mass is 10.0. The summed E-state index contributed by atoms with van der Waals surface area (Å²) in [6.45, 7) is 0.657. The van der Waals surface area contributed by atoms with Crippen LogP contribution >= 0.6 is 0 Å². The van der Waals surface area contributed by atoms with E-state index in [-0.39, 0.29) is 6.04 Å². The molecule has 2 rings (SSSR count). The van der Waals surface area contributed by atoms with Crippen LogP contribution in [0.3, 0.4) is 0 Å². The van der Waals surface area contributed by atoms with Crippen molar-refractivity contribution in [3.63, 3.8) is 0 Å². The van der Waals surface area contributed by atoms with Gasteiger partial charge >= 0.3 is 0 Å². The molecule has 1 atom stereocenters. The number of nitrogens with zero attached hydrogens (tertiary/aromatic N) is 1. The van der Waals surface area contributed by atoms with Crippen LogP contribution in [0.25, 0.3) is 10.9 Å². The van der Waals surface area contributed by atoms with E-state index in [1.54, 1.807) is 7.11 Å². The zero-order valence-electron chi connectivity index (χ0n) is 9.60. The van der Waals surface area contributed by atoms with E-state index in [4.69, 9.17) is 4.74 Å². The minimum atomic E-state index is 0.206. The number of ether oxygens (including phenoxy) is 1. The maximum absolute atomic E-state index is 5.22. The molecule has 0 spiro atoms. The fourth-order valence-electron chi connectivity index (χ4n) is 1.93. The fourth-order valence-corrected chi connectivity index (χ4v) is 1.93. The number of benzene rings is 1.